The summed E-state index contributed by atoms with van der Waals surface area (Å²) in [6.45, 7) is 3.45. The van der Waals surface area contributed by atoms with Crippen LogP contribution in [0.15, 0.2) is 29.1 Å². The van der Waals surface area contributed by atoms with Gasteiger partial charge in [0.05, 0.1) is 7.11 Å². The van der Waals surface area contributed by atoms with Crippen molar-refractivity contribution in [3.8, 4) is 5.88 Å². The lowest BCUT2D eigenvalue weighted by molar-refractivity contribution is 0.397. The Balaban J connectivity index is 2.08. The third kappa shape index (κ3) is 3.57. The molecule has 2 rings (SSSR count). The maximum atomic E-state index is 5.10. The largest absolute Gasteiger partial charge is 0.481 e. The van der Waals surface area contributed by atoms with Gasteiger partial charge in [-0.05, 0) is 34.5 Å². The van der Waals surface area contributed by atoms with Crippen molar-refractivity contribution in [1.29, 1.82) is 0 Å². The highest BCUT2D eigenvalue weighted by atomic mass is 79.9. The van der Waals surface area contributed by atoms with Crippen molar-refractivity contribution in [2.75, 3.05) is 24.3 Å². The number of hydrogen-bond donors (Lipinski definition) is 2. The Kier molecular flexibility index (Phi) is 5.11. The number of hydrogen-bond acceptors (Lipinski definition) is 6. The number of methoxy groups -OCH3 is 1. The first-order valence-corrected chi connectivity index (χ1v) is 7.01. The van der Waals surface area contributed by atoms with Crippen molar-refractivity contribution in [3.63, 3.8) is 0 Å². The lowest BCUT2D eigenvalue weighted by atomic mass is 10.2. The van der Waals surface area contributed by atoms with Crippen LogP contribution in [0, 0.1) is 0 Å². The third-order valence-corrected chi connectivity index (χ3v) is 3.35. The van der Waals surface area contributed by atoms with Gasteiger partial charge in [0, 0.05) is 25.4 Å². The van der Waals surface area contributed by atoms with Crippen LogP contribution in [0.2, 0.25) is 0 Å². The average Bonchev–Trinajstić information content (AvgIpc) is 2.48. The van der Waals surface area contributed by atoms with E-state index in [1.165, 1.54) is 6.33 Å². The fraction of sp³-hybridized carbons (Fsp3) is 0.308. The van der Waals surface area contributed by atoms with Gasteiger partial charge >= 0.3 is 0 Å². The average molecular weight is 338 g/mol. The molecule has 2 N–H and O–H groups in total. The zero-order valence-corrected chi connectivity index (χ0v) is 12.9. The molecule has 0 aliphatic heterocycles. The minimum absolute atomic E-state index is 0.597. The zero-order valence-electron chi connectivity index (χ0n) is 11.4. The van der Waals surface area contributed by atoms with Crippen LogP contribution in [-0.4, -0.2) is 28.6 Å². The van der Waals surface area contributed by atoms with E-state index in [1.54, 1.807) is 13.3 Å². The summed E-state index contributed by atoms with van der Waals surface area (Å²) in [6, 6.07) is 3.81. The van der Waals surface area contributed by atoms with Crippen LogP contribution in [0.1, 0.15) is 12.5 Å². The van der Waals surface area contributed by atoms with Crippen LogP contribution in [0.3, 0.4) is 0 Å². The molecule has 0 amide bonds. The number of nitrogens with one attached hydrogen (secondary N) is 2. The van der Waals surface area contributed by atoms with Gasteiger partial charge in [0.1, 0.15) is 22.4 Å². The summed E-state index contributed by atoms with van der Waals surface area (Å²) in [6.07, 6.45) is 3.24. The molecular formula is C13H16BrN5O. The number of aromatic nitrogens is 3. The standard InChI is InChI=1S/C13H16BrN5O/c1-3-15-12-11(14)13(19-8-18-12)17-7-9-4-5-16-10(6-9)20-2/h4-6,8H,3,7H2,1-2H3,(H2,15,17,18,19). The summed E-state index contributed by atoms with van der Waals surface area (Å²) < 4.78 is 5.92. The van der Waals surface area contributed by atoms with Gasteiger partial charge < -0.3 is 15.4 Å². The first kappa shape index (κ1) is 14.5. The molecule has 6 nitrogen and oxygen atoms in total. The summed E-state index contributed by atoms with van der Waals surface area (Å²) >= 11 is 3.50. The predicted octanol–water partition coefficient (Wildman–Crippen LogP) is 2.69. The van der Waals surface area contributed by atoms with E-state index in [0.717, 1.165) is 28.2 Å². The van der Waals surface area contributed by atoms with Gasteiger partial charge in [-0.25, -0.2) is 15.0 Å². The monoisotopic (exact) mass is 337 g/mol. The van der Waals surface area contributed by atoms with Gasteiger partial charge in [0.15, 0.2) is 0 Å². The van der Waals surface area contributed by atoms with E-state index in [-0.39, 0.29) is 0 Å². The molecule has 2 aromatic rings. The molecule has 2 aromatic heterocycles. The molecule has 0 spiro atoms. The minimum Gasteiger partial charge on any atom is -0.481 e. The summed E-state index contributed by atoms with van der Waals surface area (Å²) in [4.78, 5) is 12.5. The second kappa shape index (κ2) is 7.04. The molecule has 0 fully saturated rings. The minimum atomic E-state index is 0.597. The van der Waals surface area contributed by atoms with Crippen LogP contribution >= 0.6 is 15.9 Å². The first-order valence-electron chi connectivity index (χ1n) is 6.21. The molecule has 2 heterocycles. The number of anilines is 2. The Morgan fingerprint density at radius 3 is 2.65 bits per heavy atom. The van der Waals surface area contributed by atoms with E-state index < -0.39 is 0 Å². The van der Waals surface area contributed by atoms with Crippen molar-refractivity contribution in [2.45, 2.75) is 13.5 Å². The predicted molar refractivity (Wildman–Crippen MR) is 82.0 cm³/mol. The van der Waals surface area contributed by atoms with Gasteiger partial charge in [-0.2, -0.15) is 0 Å². The van der Waals surface area contributed by atoms with Crippen LogP contribution < -0.4 is 15.4 Å². The molecule has 0 bridgehead atoms. The Morgan fingerprint density at radius 2 is 1.95 bits per heavy atom. The fourth-order valence-electron chi connectivity index (χ4n) is 1.64. The van der Waals surface area contributed by atoms with Crippen LogP contribution in [0.4, 0.5) is 11.6 Å². The molecule has 0 radical (unpaired) electrons. The van der Waals surface area contributed by atoms with E-state index in [4.69, 9.17) is 4.74 Å². The molecule has 0 saturated heterocycles. The fourth-order valence-corrected chi connectivity index (χ4v) is 2.13. The highest BCUT2D eigenvalue weighted by molar-refractivity contribution is 9.10. The lowest BCUT2D eigenvalue weighted by Gasteiger charge is -2.11. The molecule has 0 atom stereocenters. The van der Waals surface area contributed by atoms with E-state index in [2.05, 4.69) is 41.5 Å². The van der Waals surface area contributed by atoms with Gasteiger partial charge in [-0.3, -0.25) is 0 Å². The maximum absolute atomic E-state index is 5.10. The zero-order chi connectivity index (χ0) is 14.4. The number of pyridine rings is 1. The van der Waals surface area contributed by atoms with Crippen molar-refractivity contribution < 1.29 is 4.74 Å². The Bertz CT molecular complexity index is 578. The second-order valence-corrected chi connectivity index (χ2v) is 4.77. The topological polar surface area (TPSA) is 72.0 Å². The summed E-state index contributed by atoms with van der Waals surface area (Å²) in [5, 5.41) is 6.42. The second-order valence-electron chi connectivity index (χ2n) is 3.98. The van der Waals surface area contributed by atoms with Gasteiger partial charge in [-0.1, -0.05) is 0 Å². The molecule has 20 heavy (non-hydrogen) atoms. The highest BCUT2D eigenvalue weighted by Crippen LogP contribution is 2.26. The molecule has 0 aromatic carbocycles. The van der Waals surface area contributed by atoms with Gasteiger partial charge in [0.2, 0.25) is 5.88 Å². The molecule has 0 saturated carbocycles. The highest BCUT2D eigenvalue weighted by Gasteiger charge is 2.07. The molecule has 0 unspecified atom stereocenters. The van der Waals surface area contributed by atoms with Gasteiger partial charge in [0.25, 0.3) is 0 Å². The quantitative estimate of drug-likeness (QED) is 0.844. The van der Waals surface area contributed by atoms with Crippen LogP contribution in [0.5, 0.6) is 5.88 Å². The summed E-state index contributed by atoms with van der Waals surface area (Å²) in [5.74, 6) is 2.11. The van der Waals surface area contributed by atoms with Crippen molar-refractivity contribution in [3.05, 3.63) is 34.7 Å². The smallest absolute Gasteiger partial charge is 0.213 e. The van der Waals surface area contributed by atoms with E-state index in [0.29, 0.717) is 12.4 Å². The number of ether oxygens (including phenoxy) is 1. The normalized spacial score (nSPS) is 10.2. The summed E-state index contributed by atoms with van der Waals surface area (Å²) in [7, 11) is 1.60. The first-order chi connectivity index (χ1) is 9.74. The van der Waals surface area contributed by atoms with E-state index >= 15 is 0 Å². The Labute approximate surface area is 126 Å². The molecule has 106 valence electrons. The molecule has 0 aliphatic rings. The van der Waals surface area contributed by atoms with Crippen LogP contribution in [0.25, 0.3) is 0 Å². The lowest BCUT2D eigenvalue weighted by Crippen LogP contribution is -2.06. The number of nitrogens with zero attached hydrogens (tertiary/aromatic N) is 3. The van der Waals surface area contributed by atoms with Crippen molar-refractivity contribution >= 4 is 27.6 Å². The molecule has 0 aliphatic carbocycles. The SMILES string of the molecule is CCNc1ncnc(NCc2ccnc(OC)c2)c1Br. The van der Waals surface area contributed by atoms with Gasteiger partial charge in [-0.15, -0.1) is 0 Å². The van der Waals surface area contributed by atoms with Crippen LogP contribution in [-0.2, 0) is 6.54 Å². The molecular weight excluding hydrogens is 322 g/mol. The third-order valence-electron chi connectivity index (χ3n) is 2.60. The van der Waals surface area contributed by atoms with Crippen molar-refractivity contribution in [2.24, 2.45) is 0 Å². The molecule has 7 heteroatoms. The Morgan fingerprint density at radius 1 is 1.20 bits per heavy atom. The van der Waals surface area contributed by atoms with E-state index in [1.807, 2.05) is 19.1 Å². The summed E-state index contributed by atoms with van der Waals surface area (Å²) in [5.41, 5.74) is 1.06. The number of halogens is 1. The van der Waals surface area contributed by atoms with E-state index in [9.17, 15) is 0 Å². The Hall–Kier alpha value is -1.89. The number of rotatable bonds is 6. The van der Waals surface area contributed by atoms with Crippen molar-refractivity contribution in [1.82, 2.24) is 15.0 Å². The maximum Gasteiger partial charge on any atom is 0.213 e.